The fraction of sp³-hybridized carbons (Fsp3) is 0.400. The zero-order valence-electron chi connectivity index (χ0n) is 19.9. The Morgan fingerprint density at radius 2 is 1.77 bits per heavy atom. The maximum atomic E-state index is 12.9. The Morgan fingerprint density at radius 1 is 1.03 bits per heavy atom. The Morgan fingerprint density at radius 3 is 2.51 bits per heavy atom. The van der Waals surface area contributed by atoms with E-state index in [9.17, 15) is 14.4 Å². The molecule has 4 rings (SSSR count). The molecule has 0 bridgehead atoms. The van der Waals surface area contributed by atoms with Crippen LogP contribution < -0.4 is 24.8 Å². The van der Waals surface area contributed by atoms with Gasteiger partial charge in [-0.05, 0) is 36.8 Å². The molecular weight excluding hydrogens is 452 g/mol. The number of benzene rings is 2. The lowest BCUT2D eigenvalue weighted by atomic mass is 10.2. The van der Waals surface area contributed by atoms with E-state index in [-0.39, 0.29) is 37.4 Å². The summed E-state index contributed by atoms with van der Waals surface area (Å²) in [7, 11) is 1.53. The zero-order chi connectivity index (χ0) is 24.8. The first-order valence-corrected chi connectivity index (χ1v) is 11.5. The minimum Gasteiger partial charge on any atom is -0.495 e. The van der Waals surface area contributed by atoms with Gasteiger partial charge in [-0.25, -0.2) is 0 Å². The molecule has 2 heterocycles. The second-order valence-electron chi connectivity index (χ2n) is 8.49. The van der Waals surface area contributed by atoms with Crippen molar-refractivity contribution in [3.63, 3.8) is 0 Å². The van der Waals surface area contributed by atoms with Crippen LogP contribution in [-0.2, 0) is 14.4 Å². The number of methoxy groups -OCH3 is 1. The molecule has 2 N–H and O–H groups in total. The maximum absolute atomic E-state index is 12.9. The van der Waals surface area contributed by atoms with Gasteiger partial charge in [0.05, 0.1) is 25.9 Å². The van der Waals surface area contributed by atoms with Gasteiger partial charge in [0.2, 0.25) is 17.9 Å². The summed E-state index contributed by atoms with van der Waals surface area (Å²) in [5.41, 5.74) is 1.54. The summed E-state index contributed by atoms with van der Waals surface area (Å²) in [6.07, 6.45) is -0.676. The highest BCUT2D eigenvalue weighted by molar-refractivity contribution is 5.96. The van der Waals surface area contributed by atoms with Crippen molar-refractivity contribution in [2.75, 3.05) is 58.3 Å². The predicted molar refractivity (Wildman–Crippen MR) is 129 cm³/mol. The lowest BCUT2D eigenvalue weighted by Crippen LogP contribution is -2.55. The highest BCUT2D eigenvalue weighted by atomic mass is 16.6. The molecule has 1 saturated heterocycles. The number of anilines is 1. The van der Waals surface area contributed by atoms with Gasteiger partial charge >= 0.3 is 0 Å². The third-order valence-electron chi connectivity index (χ3n) is 5.91. The monoisotopic (exact) mass is 482 g/mol. The summed E-state index contributed by atoms with van der Waals surface area (Å²) in [5.74, 6) is 1.05. The predicted octanol–water partition coefficient (Wildman–Crippen LogP) is 1.04. The largest absolute Gasteiger partial charge is 0.495 e. The Kier molecular flexibility index (Phi) is 7.71. The molecule has 0 radical (unpaired) electrons. The van der Waals surface area contributed by atoms with Crippen molar-refractivity contribution in [1.82, 2.24) is 15.1 Å². The zero-order valence-corrected chi connectivity index (χ0v) is 19.9. The summed E-state index contributed by atoms with van der Waals surface area (Å²) in [5, 5.41) is 5.41. The van der Waals surface area contributed by atoms with Crippen molar-refractivity contribution in [2.24, 2.45) is 0 Å². The van der Waals surface area contributed by atoms with Crippen LogP contribution in [0.2, 0.25) is 0 Å². The van der Waals surface area contributed by atoms with E-state index in [1.54, 1.807) is 17.0 Å². The molecule has 10 heteroatoms. The van der Waals surface area contributed by atoms with Crippen LogP contribution >= 0.6 is 0 Å². The second kappa shape index (κ2) is 11.1. The molecule has 0 spiro atoms. The van der Waals surface area contributed by atoms with Gasteiger partial charge in [0, 0.05) is 26.2 Å². The third kappa shape index (κ3) is 6.21. The molecule has 2 aromatic rings. The fourth-order valence-electron chi connectivity index (χ4n) is 4.02. The summed E-state index contributed by atoms with van der Waals surface area (Å²) in [4.78, 5) is 41.2. The number of amides is 3. The molecule has 1 atom stereocenters. The summed E-state index contributed by atoms with van der Waals surface area (Å²) in [6, 6.07) is 12.8. The molecule has 0 aromatic heterocycles. The molecule has 10 nitrogen and oxygen atoms in total. The van der Waals surface area contributed by atoms with E-state index in [1.165, 1.54) is 7.11 Å². The van der Waals surface area contributed by atoms with Gasteiger partial charge in [0.25, 0.3) is 5.91 Å². The smallest absolute Gasteiger partial charge is 0.267 e. The number of ether oxygens (including phenoxy) is 3. The van der Waals surface area contributed by atoms with E-state index in [0.717, 1.165) is 5.56 Å². The maximum Gasteiger partial charge on any atom is 0.267 e. The molecule has 2 aromatic carbocycles. The number of rotatable bonds is 7. The molecule has 0 aliphatic carbocycles. The lowest BCUT2D eigenvalue weighted by Gasteiger charge is -2.36. The molecule has 186 valence electrons. The second-order valence-corrected chi connectivity index (χ2v) is 8.49. The number of hydrogen-bond acceptors (Lipinski definition) is 7. The number of para-hydroxylation sites is 2. The van der Waals surface area contributed by atoms with Gasteiger partial charge in [-0.2, -0.15) is 0 Å². The molecule has 1 fully saturated rings. The van der Waals surface area contributed by atoms with Gasteiger partial charge in [-0.3, -0.25) is 19.3 Å². The van der Waals surface area contributed by atoms with Gasteiger partial charge in [0.15, 0.2) is 11.5 Å². The van der Waals surface area contributed by atoms with Gasteiger partial charge in [-0.15, -0.1) is 0 Å². The molecule has 0 unspecified atom stereocenters. The number of piperazine rings is 1. The summed E-state index contributed by atoms with van der Waals surface area (Å²) >= 11 is 0. The number of nitrogens with one attached hydrogen (secondary N) is 2. The van der Waals surface area contributed by atoms with Crippen molar-refractivity contribution < 1.29 is 28.6 Å². The molecule has 0 saturated carbocycles. The van der Waals surface area contributed by atoms with Gasteiger partial charge < -0.3 is 29.7 Å². The van der Waals surface area contributed by atoms with Crippen LogP contribution in [0.25, 0.3) is 0 Å². The Hall–Kier alpha value is -3.79. The highest BCUT2D eigenvalue weighted by Gasteiger charge is 2.32. The molecule has 35 heavy (non-hydrogen) atoms. The van der Waals surface area contributed by atoms with E-state index >= 15 is 0 Å². The van der Waals surface area contributed by atoms with Crippen LogP contribution in [0.4, 0.5) is 5.69 Å². The number of carbonyl (C=O) groups is 3. The first-order chi connectivity index (χ1) is 16.9. The minimum atomic E-state index is -0.676. The summed E-state index contributed by atoms with van der Waals surface area (Å²) < 4.78 is 16.7. The van der Waals surface area contributed by atoms with E-state index in [2.05, 4.69) is 10.6 Å². The average Bonchev–Trinajstić information content (AvgIpc) is 2.87. The van der Waals surface area contributed by atoms with Crippen LogP contribution in [0.15, 0.2) is 42.5 Å². The van der Waals surface area contributed by atoms with Crippen molar-refractivity contribution in [3.05, 3.63) is 48.0 Å². The number of hydrogen-bond donors (Lipinski definition) is 2. The van der Waals surface area contributed by atoms with E-state index < -0.39 is 6.10 Å². The van der Waals surface area contributed by atoms with Crippen molar-refractivity contribution in [1.29, 1.82) is 0 Å². The lowest BCUT2D eigenvalue weighted by molar-refractivity contribution is -0.143. The summed E-state index contributed by atoms with van der Waals surface area (Å²) in [6.45, 7) is 4.18. The molecule has 2 aliphatic rings. The van der Waals surface area contributed by atoms with Crippen LogP contribution in [0.3, 0.4) is 0 Å². The molecular formula is C25H30N4O6. The van der Waals surface area contributed by atoms with Gasteiger partial charge in [-0.1, -0.05) is 18.2 Å². The topological polar surface area (TPSA) is 109 Å². The number of carbonyl (C=O) groups excluding carboxylic acids is 3. The number of fused-ring (bicyclic) bond motifs is 1. The number of aryl methyl sites for hydroxylation is 1. The first kappa shape index (κ1) is 24.3. The average molecular weight is 483 g/mol. The quantitative estimate of drug-likeness (QED) is 0.607. The van der Waals surface area contributed by atoms with Crippen LogP contribution in [0.1, 0.15) is 5.56 Å². The van der Waals surface area contributed by atoms with Gasteiger partial charge in [0.1, 0.15) is 12.4 Å². The van der Waals surface area contributed by atoms with Crippen LogP contribution in [0.5, 0.6) is 17.2 Å². The van der Waals surface area contributed by atoms with Crippen LogP contribution in [-0.4, -0.2) is 86.6 Å². The Balaban J connectivity index is 1.18. The molecule has 3 amide bonds. The van der Waals surface area contributed by atoms with E-state index in [1.807, 2.05) is 42.2 Å². The fourth-order valence-corrected chi connectivity index (χ4v) is 4.02. The number of nitrogens with zero attached hydrogens (tertiary/aromatic N) is 2. The Bertz CT molecular complexity index is 1080. The minimum absolute atomic E-state index is 0.119. The highest BCUT2D eigenvalue weighted by Crippen LogP contribution is 2.31. The standard InChI is InChI=1S/C25H30N4O6/c1-17-7-8-19(33-2)18(13-17)27-23(30)14-26-24(31)15-28-9-11-29(12-10-28)25(32)22-16-34-20-5-3-4-6-21(20)35-22/h3-8,13,22H,9-12,14-16H2,1-2H3,(H,26,31)(H,27,30)/t22-/m1/s1. The van der Waals surface area contributed by atoms with E-state index in [4.69, 9.17) is 14.2 Å². The van der Waals surface area contributed by atoms with E-state index in [0.29, 0.717) is 49.1 Å². The van der Waals surface area contributed by atoms with Crippen molar-refractivity contribution >= 4 is 23.4 Å². The van der Waals surface area contributed by atoms with Crippen molar-refractivity contribution in [2.45, 2.75) is 13.0 Å². The SMILES string of the molecule is COc1ccc(C)cc1NC(=O)CNC(=O)CN1CCN(C(=O)[C@H]2COc3ccccc3O2)CC1. The normalized spacial score (nSPS) is 17.4. The van der Waals surface area contributed by atoms with Crippen LogP contribution in [0, 0.1) is 6.92 Å². The van der Waals surface area contributed by atoms with Crippen molar-refractivity contribution in [3.8, 4) is 17.2 Å². The molecule has 2 aliphatic heterocycles. The first-order valence-electron chi connectivity index (χ1n) is 11.5. The third-order valence-corrected chi connectivity index (χ3v) is 5.91. The Labute approximate surface area is 204 Å².